The highest BCUT2D eigenvalue weighted by Gasteiger charge is 1.89. The molecule has 0 saturated heterocycles. The summed E-state index contributed by atoms with van der Waals surface area (Å²) in [5.41, 5.74) is 0. The van der Waals surface area contributed by atoms with Crippen LogP contribution in [0.1, 0.15) is 0 Å². The zero-order chi connectivity index (χ0) is 6.69. The Morgan fingerprint density at radius 3 is 3.11 bits per heavy atom. The number of halogens is 1. The Bertz CT molecular complexity index is 205. The van der Waals surface area contributed by atoms with E-state index in [1.807, 2.05) is 6.20 Å². The molecular weight excluding hydrogens is 136 g/mol. The van der Waals surface area contributed by atoms with E-state index in [0.717, 1.165) is 0 Å². The SMILES string of the molecule is C=CCn1ccc(Cl)n1. The Morgan fingerprint density at radius 2 is 2.67 bits per heavy atom. The maximum Gasteiger partial charge on any atom is 0.151 e. The van der Waals surface area contributed by atoms with Gasteiger partial charge in [-0.05, 0) is 6.07 Å². The molecule has 3 heteroatoms. The Morgan fingerprint density at radius 1 is 1.89 bits per heavy atom. The highest BCUT2D eigenvalue weighted by molar-refractivity contribution is 6.29. The average molecular weight is 143 g/mol. The molecule has 0 atom stereocenters. The quantitative estimate of drug-likeness (QED) is 0.575. The van der Waals surface area contributed by atoms with Crippen LogP contribution in [0.5, 0.6) is 0 Å². The minimum absolute atomic E-state index is 0.525. The van der Waals surface area contributed by atoms with E-state index in [-0.39, 0.29) is 0 Å². The van der Waals surface area contributed by atoms with Crippen molar-refractivity contribution in [3.63, 3.8) is 0 Å². The molecule has 0 fully saturated rings. The fourth-order valence-electron chi connectivity index (χ4n) is 0.571. The molecule has 0 saturated carbocycles. The number of aromatic nitrogens is 2. The summed E-state index contributed by atoms with van der Waals surface area (Å²) in [5, 5.41) is 4.44. The van der Waals surface area contributed by atoms with Gasteiger partial charge in [0.05, 0.1) is 6.54 Å². The van der Waals surface area contributed by atoms with Crippen LogP contribution >= 0.6 is 11.6 Å². The van der Waals surface area contributed by atoms with Gasteiger partial charge >= 0.3 is 0 Å². The van der Waals surface area contributed by atoms with Gasteiger partial charge < -0.3 is 0 Å². The first kappa shape index (κ1) is 6.36. The third kappa shape index (κ3) is 1.57. The van der Waals surface area contributed by atoms with E-state index in [1.54, 1.807) is 16.8 Å². The summed E-state index contributed by atoms with van der Waals surface area (Å²) in [6.07, 6.45) is 3.58. The van der Waals surface area contributed by atoms with Crippen molar-refractivity contribution in [2.45, 2.75) is 6.54 Å². The molecule has 0 aliphatic rings. The second kappa shape index (κ2) is 2.69. The highest BCUT2D eigenvalue weighted by atomic mass is 35.5. The molecule has 1 rings (SSSR count). The molecule has 1 aromatic rings. The third-order valence-electron chi connectivity index (χ3n) is 0.924. The van der Waals surface area contributed by atoms with Crippen molar-refractivity contribution in [3.05, 3.63) is 30.1 Å². The van der Waals surface area contributed by atoms with E-state index in [4.69, 9.17) is 11.6 Å². The van der Waals surface area contributed by atoms with E-state index in [0.29, 0.717) is 11.7 Å². The highest BCUT2D eigenvalue weighted by Crippen LogP contribution is 2.01. The molecule has 0 aliphatic carbocycles. The summed E-state index contributed by atoms with van der Waals surface area (Å²) >= 11 is 5.53. The van der Waals surface area contributed by atoms with Gasteiger partial charge in [-0.25, -0.2) is 0 Å². The van der Waals surface area contributed by atoms with Crippen molar-refractivity contribution in [1.29, 1.82) is 0 Å². The minimum atomic E-state index is 0.525. The van der Waals surface area contributed by atoms with Crippen LogP contribution in [-0.2, 0) is 6.54 Å². The Balaban J connectivity index is 2.72. The molecule has 0 bridgehead atoms. The lowest BCUT2D eigenvalue weighted by Gasteiger charge is -1.90. The topological polar surface area (TPSA) is 17.8 Å². The summed E-state index contributed by atoms with van der Waals surface area (Å²) in [4.78, 5) is 0. The molecule has 0 radical (unpaired) electrons. The van der Waals surface area contributed by atoms with Gasteiger partial charge in [0.25, 0.3) is 0 Å². The van der Waals surface area contributed by atoms with Gasteiger partial charge in [-0.3, -0.25) is 4.68 Å². The van der Waals surface area contributed by atoms with Gasteiger partial charge in [0.15, 0.2) is 5.15 Å². The van der Waals surface area contributed by atoms with Crippen LogP contribution < -0.4 is 0 Å². The Hall–Kier alpha value is -0.760. The van der Waals surface area contributed by atoms with Crippen LogP contribution in [-0.4, -0.2) is 9.78 Å². The van der Waals surface area contributed by atoms with Crippen LogP contribution in [0.3, 0.4) is 0 Å². The van der Waals surface area contributed by atoms with Crippen molar-refractivity contribution in [3.8, 4) is 0 Å². The van der Waals surface area contributed by atoms with E-state index in [9.17, 15) is 0 Å². The van der Waals surface area contributed by atoms with Crippen LogP contribution in [0.2, 0.25) is 5.15 Å². The second-order valence-electron chi connectivity index (χ2n) is 1.65. The molecule has 48 valence electrons. The summed E-state index contributed by atoms with van der Waals surface area (Å²) in [6, 6.07) is 1.74. The molecule has 1 heterocycles. The van der Waals surface area contributed by atoms with E-state index >= 15 is 0 Å². The van der Waals surface area contributed by atoms with Gasteiger partial charge in [0.1, 0.15) is 0 Å². The van der Waals surface area contributed by atoms with Gasteiger partial charge in [-0.2, -0.15) is 5.10 Å². The molecule has 0 aromatic carbocycles. The summed E-state index contributed by atoms with van der Waals surface area (Å²) in [5.74, 6) is 0. The number of nitrogens with zero attached hydrogens (tertiary/aromatic N) is 2. The Kier molecular flexibility index (Phi) is 1.90. The van der Waals surface area contributed by atoms with Crippen LogP contribution in [0.15, 0.2) is 24.9 Å². The Labute approximate surface area is 58.7 Å². The summed E-state index contributed by atoms with van der Waals surface area (Å²) in [7, 11) is 0. The monoisotopic (exact) mass is 142 g/mol. The van der Waals surface area contributed by atoms with E-state index in [2.05, 4.69) is 11.7 Å². The number of hydrogen-bond donors (Lipinski definition) is 0. The number of allylic oxidation sites excluding steroid dienone is 1. The van der Waals surface area contributed by atoms with E-state index < -0.39 is 0 Å². The minimum Gasteiger partial charge on any atom is -0.267 e. The molecule has 0 amide bonds. The first-order valence-electron chi connectivity index (χ1n) is 2.63. The van der Waals surface area contributed by atoms with Gasteiger partial charge in [-0.15, -0.1) is 6.58 Å². The molecule has 9 heavy (non-hydrogen) atoms. The standard InChI is InChI=1S/C6H7ClN2/c1-2-4-9-5-3-6(7)8-9/h2-3,5H,1,4H2. The van der Waals surface area contributed by atoms with Gasteiger partial charge in [0, 0.05) is 6.20 Å². The predicted molar refractivity (Wildman–Crippen MR) is 37.4 cm³/mol. The van der Waals surface area contributed by atoms with Crippen LogP contribution in [0, 0.1) is 0 Å². The summed E-state index contributed by atoms with van der Waals surface area (Å²) in [6.45, 7) is 4.28. The maximum absolute atomic E-state index is 5.53. The molecule has 0 aliphatic heterocycles. The largest absolute Gasteiger partial charge is 0.267 e. The lowest BCUT2D eigenvalue weighted by molar-refractivity contribution is 0.703. The van der Waals surface area contributed by atoms with Crippen molar-refractivity contribution in [2.24, 2.45) is 0 Å². The molecule has 0 N–H and O–H groups in total. The normalized spacial score (nSPS) is 9.44. The molecule has 0 unspecified atom stereocenters. The van der Waals surface area contributed by atoms with Crippen LogP contribution in [0.25, 0.3) is 0 Å². The number of hydrogen-bond acceptors (Lipinski definition) is 1. The third-order valence-corrected chi connectivity index (χ3v) is 1.13. The predicted octanol–water partition coefficient (Wildman–Crippen LogP) is 1.72. The van der Waals surface area contributed by atoms with Crippen LogP contribution in [0.4, 0.5) is 0 Å². The van der Waals surface area contributed by atoms with Crippen molar-refractivity contribution in [1.82, 2.24) is 9.78 Å². The average Bonchev–Trinajstić information content (AvgIpc) is 2.17. The first-order valence-corrected chi connectivity index (χ1v) is 3.00. The fraction of sp³-hybridized carbons (Fsp3) is 0.167. The summed E-state index contributed by atoms with van der Waals surface area (Å²) < 4.78 is 1.72. The van der Waals surface area contributed by atoms with Gasteiger partial charge in [-0.1, -0.05) is 17.7 Å². The van der Waals surface area contributed by atoms with E-state index in [1.165, 1.54) is 0 Å². The van der Waals surface area contributed by atoms with Crippen molar-refractivity contribution in [2.75, 3.05) is 0 Å². The first-order chi connectivity index (χ1) is 4.33. The zero-order valence-electron chi connectivity index (χ0n) is 4.92. The fourth-order valence-corrected chi connectivity index (χ4v) is 0.724. The lowest BCUT2D eigenvalue weighted by Crippen LogP contribution is -1.93. The van der Waals surface area contributed by atoms with Gasteiger partial charge in [0.2, 0.25) is 0 Å². The van der Waals surface area contributed by atoms with Crippen molar-refractivity contribution >= 4 is 11.6 Å². The number of rotatable bonds is 2. The molecule has 1 aromatic heterocycles. The zero-order valence-corrected chi connectivity index (χ0v) is 5.67. The second-order valence-corrected chi connectivity index (χ2v) is 2.04. The lowest BCUT2D eigenvalue weighted by atomic mass is 10.6. The smallest absolute Gasteiger partial charge is 0.151 e. The molecule has 2 nitrogen and oxygen atoms in total. The molecular formula is C6H7ClN2. The molecule has 0 spiro atoms. The maximum atomic E-state index is 5.53. The van der Waals surface area contributed by atoms with Crippen molar-refractivity contribution < 1.29 is 0 Å².